The maximum absolute atomic E-state index is 12.5. The minimum Gasteiger partial charge on any atom is -0.391 e. The van der Waals surface area contributed by atoms with Gasteiger partial charge < -0.3 is 20.3 Å². The lowest BCUT2D eigenvalue weighted by molar-refractivity contribution is -0.153. The van der Waals surface area contributed by atoms with Gasteiger partial charge in [0, 0.05) is 23.0 Å². The minimum atomic E-state index is -0.901. The predicted octanol–water partition coefficient (Wildman–Crippen LogP) is 0.300. The summed E-state index contributed by atoms with van der Waals surface area (Å²) in [4.78, 5) is 29.8. The van der Waals surface area contributed by atoms with Crippen molar-refractivity contribution in [2.75, 3.05) is 0 Å². The fraction of sp³-hybridized carbons (Fsp3) is 0.375. The highest BCUT2D eigenvalue weighted by atomic mass is 16.3. The summed E-state index contributed by atoms with van der Waals surface area (Å²) in [6, 6.07) is 6.61. The SMILES string of the molecule is C[C@H](O)[C@@H]1NC(=O)[C@@H]2Cc3c([nH]c4ccccc34)CN2C1=O. The smallest absolute Gasteiger partial charge is 0.248 e. The van der Waals surface area contributed by atoms with Gasteiger partial charge in [0.1, 0.15) is 12.1 Å². The molecule has 22 heavy (non-hydrogen) atoms. The van der Waals surface area contributed by atoms with Crippen molar-refractivity contribution in [1.82, 2.24) is 15.2 Å². The lowest BCUT2D eigenvalue weighted by atomic mass is 9.92. The zero-order valence-electron chi connectivity index (χ0n) is 12.2. The number of hydrogen-bond donors (Lipinski definition) is 3. The van der Waals surface area contributed by atoms with Crippen molar-refractivity contribution in [1.29, 1.82) is 0 Å². The number of H-pyrrole nitrogens is 1. The van der Waals surface area contributed by atoms with E-state index in [0.717, 1.165) is 22.2 Å². The van der Waals surface area contributed by atoms with Crippen LogP contribution in [0.1, 0.15) is 18.2 Å². The van der Waals surface area contributed by atoms with E-state index in [1.165, 1.54) is 6.92 Å². The summed E-state index contributed by atoms with van der Waals surface area (Å²) in [6.07, 6.45) is -0.398. The number of amides is 2. The average Bonchev–Trinajstić information content (AvgIpc) is 2.87. The van der Waals surface area contributed by atoms with Crippen LogP contribution in [0.2, 0.25) is 0 Å². The molecule has 3 atom stereocenters. The van der Waals surface area contributed by atoms with Crippen LogP contribution in [0.5, 0.6) is 0 Å². The highest BCUT2D eigenvalue weighted by Gasteiger charge is 2.45. The molecule has 1 fully saturated rings. The molecule has 6 nitrogen and oxygen atoms in total. The molecule has 1 aromatic carbocycles. The number of fused-ring (bicyclic) bond motifs is 4. The molecule has 2 aliphatic rings. The topological polar surface area (TPSA) is 85.4 Å². The number of aliphatic hydroxyl groups excluding tert-OH is 1. The number of aromatic amines is 1. The quantitative estimate of drug-likeness (QED) is 0.708. The average molecular weight is 299 g/mol. The molecule has 0 radical (unpaired) electrons. The van der Waals surface area contributed by atoms with E-state index in [-0.39, 0.29) is 11.8 Å². The van der Waals surface area contributed by atoms with Gasteiger partial charge in [0.2, 0.25) is 11.8 Å². The van der Waals surface area contributed by atoms with E-state index in [0.29, 0.717) is 13.0 Å². The Hall–Kier alpha value is -2.34. The third kappa shape index (κ3) is 1.77. The van der Waals surface area contributed by atoms with E-state index >= 15 is 0 Å². The Kier molecular flexibility index (Phi) is 2.77. The Morgan fingerprint density at radius 3 is 2.86 bits per heavy atom. The van der Waals surface area contributed by atoms with E-state index < -0.39 is 18.2 Å². The Balaban J connectivity index is 1.77. The molecule has 1 aromatic heterocycles. The number of hydrogen-bond acceptors (Lipinski definition) is 3. The maximum atomic E-state index is 12.5. The van der Waals surface area contributed by atoms with E-state index in [4.69, 9.17) is 0 Å². The van der Waals surface area contributed by atoms with Gasteiger partial charge in [0.05, 0.1) is 12.6 Å². The number of rotatable bonds is 1. The van der Waals surface area contributed by atoms with Crippen LogP contribution in [0, 0.1) is 0 Å². The van der Waals surface area contributed by atoms with Gasteiger partial charge in [-0.1, -0.05) is 18.2 Å². The summed E-state index contributed by atoms with van der Waals surface area (Å²) < 4.78 is 0. The van der Waals surface area contributed by atoms with Crippen LogP contribution in [-0.2, 0) is 22.6 Å². The zero-order chi connectivity index (χ0) is 15.4. The highest BCUT2D eigenvalue weighted by molar-refractivity contribution is 5.98. The van der Waals surface area contributed by atoms with Gasteiger partial charge >= 0.3 is 0 Å². The molecule has 0 saturated carbocycles. The molecule has 114 valence electrons. The summed E-state index contributed by atoms with van der Waals surface area (Å²) in [6.45, 7) is 1.89. The van der Waals surface area contributed by atoms with Crippen LogP contribution in [-0.4, -0.2) is 45.0 Å². The maximum Gasteiger partial charge on any atom is 0.248 e. The normalized spacial score (nSPS) is 25.6. The molecular formula is C16H17N3O3. The van der Waals surface area contributed by atoms with Gasteiger partial charge in [-0.05, 0) is 18.6 Å². The van der Waals surface area contributed by atoms with E-state index in [1.54, 1.807) is 4.90 Å². The van der Waals surface area contributed by atoms with Crippen LogP contribution in [0.15, 0.2) is 24.3 Å². The summed E-state index contributed by atoms with van der Waals surface area (Å²) >= 11 is 0. The van der Waals surface area contributed by atoms with Gasteiger partial charge in [0.15, 0.2) is 0 Å². The molecule has 4 rings (SSSR count). The predicted molar refractivity (Wildman–Crippen MR) is 80.0 cm³/mol. The third-order valence-corrected chi connectivity index (χ3v) is 4.64. The molecule has 6 heteroatoms. The summed E-state index contributed by atoms with van der Waals surface area (Å²) in [7, 11) is 0. The Morgan fingerprint density at radius 1 is 1.32 bits per heavy atom. The second kappa shape index (κ2) is 4.58. The van der Waals surface area contributed by atoms with Crippen molar-refractivity contribution < 1.29 is 14.7 Å². The second-order valence-corrected chi connectivity index (χ2v) is 6.04. The minimum absolute atomic E-state index is 0.193. The summed E-state index contributed by atoms with van der Waals surface area (Å²) in [5.74, 6) is -0.412. The molecule has 0 spiro atoms. The third-order valence-electron chi connectivity index (χ3n) is 4.64. The highest BCUT2D eigenvalue weighted by Crippen LogP contribution is 2.32. The Morgan fingerprint density at radius 2 is 2.09 bits per heavy atom. The number of para-hydroxylation sites is 1. The summed E-state index contributed by atoms with van der Waals surface area (Å²) in [5, 5.41) is 13.4. The number of aliphatic hydroxyl groups is 1. The van der Waals surface area contributed by atoms with E-state index in [1.807, 2.05) is 24.3 Å². The van der Waals surface area contributed by atoms with Crippen molar-refractivity contribution in [3.63, 3.8) is 0 Å². The molecule has 0 unspecified atom stereocenters. The molecule has 3 heterocycles. The van der Waals surface area contributed by atoms with Gasteiger partial charge in [-0.25, -0.2) is 0 Å². The standard InChI is InChI=1S/C16H17N3O3/c1-8(20)14-16(22)19-7-12-10(6-13(19)15(21)18-14)9-4-2-3-5-11(9)17-12/h2-5,8,13-14,17,20H,6-7H2,1H3,(H,18,21)/t8-,13-,14-/m0/s1. The molecule has 2 aromatic rings. The first-order valence-electron chi connectivity index (χ1n) is 7.43. The van der Waals surface area contributed by atoms with Crippen LogP contribution in [0.4, 0.5) is 0 Å². The van der Waals surface area contributed by atoms with Crippen LogP contribution < -0.4 is 5.32 Å². The van der Waals surface area contributed by atoms with Gasteiger partial charge in [-0.3, -0.25) is 9.59 Å². The summed E-state index contributed by atoms with van der Waals surface area (Å²) in [5.41, 5.74) is 3.10. The second-order valence-electron chi connectivity index (χ2n) is 6.04. The monoisotopic (exact) mass is 299 g/mol. The number of piperazine rings is 1. The molecule has 0 bridgehead atoms. The van der Waals surface area contributed by atoms with Crippen molar-refractivity contribution in [3.8, 4) is 0 Å². The van der Waals surface area contributed by atoms with Crippen molar-refractivity contribution in [2.24, 2.45) is 0 Å². The van der Waals surface area contributed by atoms with Gasteiger partial charge in [-0.2, -0.15) is 0 Å². The largest absolute Gasteiger partial charge is 0.391 e. The first-order valence-corrected chi connectivity index (χ1v) is 7.43. The number of carbonyl (C=O) groups excluding carboxylic acids is 2. The first-order chi connectivity index (χ1) is 10.6. The molecule has 1 saturated heterocycles. The molecular weight excluding hydrogens is 282 g/mol. The fourth-order valence-corrected chi connectivity index (χ4v) is 3.49. The van der Waals surface area contributed by atoms with Crippen molar-refractivity contribution >= 4 is 22.7 Å². The van der Waals surface area contributed by atoms with Gasteiger partial charge in [0.25, 0.3) is 0 Å². The van der Waals surface area contributed by atoms with Crippen LogP contribution in [0.25, 0.3) is 10.9 Å². The van der Waals surface area contributed by atoms with Crippen molar-refractivity contribution in [2.45, 2.75) is 38.1 Å². The van der Waals surface area contributed by atoms with Crippen LogP contribution in [0.3, 0.4) is 0 Å². The zero-order valence-corrected chi connectivity index (χ0v) is 12.2. The van der Waals surface area contributed by atoms with Crippen LogP contribution >= 0.6 is 0 Å². The van der Waals surface area contributed by atoms with E-state index in [9.17, 15) is 14.7 Å². The number of carbonyl (C=O) groups is 2. The number of aromatic nitrogens is 1. The molecule has 0 aliphatic carbocycles. The first kappa shape index (κ1) is 13.3. The number of nitrogens with one attached hydrogen (secondary N) is 2. The lowest BCUT2D eigenvalue weighted by Gasteiger charge is -2.42. The molecule has 3 N–H and O–H groups in total. The fourth-order valence-electron chi connectivity index (χ4n) is 3.49. The number of benzene rings is 1. The van der Waals surface area contributed by atoms with Crippen molar-refractivity contribution in [3.05, 3.63) is 35.5 Å². The lowest BCUT2D eigenvalue weighted by Crippen LogP contribution is -2.67. The molecule has 2 aliphatic heterocycles. The molecule has 2 amide bonds. The Labute approximate surface area is 127 Å². The Bertz CT molecular complexity index is 780. The van der Waals surface area contributed by atoms with Gasteiger partial charge in [-0.15, -0.1) is 0 Å². The number of nitrogens with zero attached hydrogens (tertiary/aromatic N) is 1. The van der Waals surface area contributed by atoms with E-state index in [2.05, 4.69) is 10.3 Å².